The molecule has 0 saturated carbocycles. The van der Waals surface area contributed by atoms with E-state index in [4.69, 9.17) is 14.2 Å². The van der Waals surface area contributed by atoms with E-state index in [1.54, 1.807) is 0 Å². The second-order valence-corrected chi connectivity index (χ2v) is 8.06. The number of hydrogen-bond acceptors (Lipinski definition) is 4. The topological polar surface area (TPSA) is 73.4 Å². The molecule has 0 bridgehead atoms. The summed E-state index contributed by atoms with van der Waals surface area (Å²) in [5, 5.41) is 7.24. The molecule has 6 heteroatoms. The van der Waals surface area contributed by atoms with E-state index in [-0.39, 0.29) is 24.4 Å². The molecule has 2 fully saturated rings. The van der Waals surface area contributed by atoms with Crippen LogP contribution in [-0.4, -0.2) is 50.2 Å². The van der Waals surface area contributed by atoms with Gasteiger partial charge in [-0.25, -0.2) is 4.79 Å². The summed E-state index contributed by atoms with van der Waals surface area (Å²) >= 11 is 0. The molecule has 0 radical (unpaired) electrons. The van der Waals surface area contributed by atoms with Crippen LogP contribution in [0.15, 0.2) is 42.5 Å². The molecule has 4 atom stereocenters. The third-order valence-electron chi connectivity index (χ3n) is 5.54. The molecule has 0 aromatic heterocycles. The number of fused-ring (bicyclic) bond motifs is 2. The summed E-state index contributed by atoms with van der Waals surface area (Å²) in [6, 6.07) is 14.0. The van der Waals surface area contributed by atoms with Crippen molar-refractivity contribution in [1.82, 2.24) is 0 Å². The van der Waals surface area contributed by atoms with E-state index in [0.29, 0.717) is 19.1 Å². The van der Waals surface area contributed by atoms with Gasteiger partial charge in [0.05, 0.1) is 18.8 Å². The molecule has 0 aliphatic carbocycles. The lowest BCUT2D eigenvalue weighted by Crippen LogP contribution is -2.93. The Hall–Kier alpha value is -2.15. The summed E-state index contributed by atoms with van der Waals surface area (Å²) in [6.45, 7) is 6.54. The number of quaternary nitrogens is 1. The third-order valence-corrected chi connectivity index (χ3v) is 5.54. The van der Waals surface area contributed by atoms with Gasteiger partial charge in [0.15, 0.2) is 6.10 Å². The van der Waals surface area contributed by atoms with E-state index >= 15 is 0 Å². The number of carbonyl (C=O) groups is 1. The van der Waals surface area contributed by atoms with E-state index in [1.165, 1.54) is 6.42 Å². The Morgan fingerprint density at radius 3 is 2.79 bits per heavy atom. The number of hydrogen-bond donors (Lipinski definition) is 2. The molecule has 2 heterocycles. The lowest BCUT2D eigenvalue weighted by molar-refractivity contribution is -0.693. The normalized spacial score (nSPS) is 26.5. The first kappa shape index (κ1) is 19.2. The molecule has 150 valence electrons. The molecule has 2 aliphatic rings. The molecule has 2 aromatic rings. The van der Waals surface area contributed by atoms with Crippen molar-refractivity contribution in [2.75, 3.05) is 25.1 Å². The third kappa shape index (κ3) is 4.14. The molecular weight excluding hydrogens is 356 g/mol. The zero-order chi connectivity index (χ0) is 19.5. The van der Waals surface area contributed by atoms with Gasteiger partial charge < -0.3 is 19.5 Å². The van der Waals surface area contributed by atoms with Gasteiger partial charge in [0, 0.05) is 5.39 Å². The number of ether oxygens (including phenoxy) is 3. The van der Waals surface area contributed by atoms with Gasteiger partial charge in [-0.05, 0) is 23.8 Å². The van der Waals surface area contributed by atoms with Gasteiger partial charge in [0.25, 0.3) is 0 Å². The van der Waals surface area contributed by atoms with Crippen molar-refractivity contribution in [3.05, 3.63) is 42.5 Å². The minimum atomic E-state index is -0.471. The summed E-state index contributed by atoms with van der Waals surface area (Å²) < 4.78 is 17.5. The largest absolute Gasteiger partial charge is 0.441 e. The van der Waals surface area contributed by atoms with Crippen LogP contribution < -0.4 is 10.6 Å². The highest BCUT2D eigenvalue weighted by Gasteiger charge is 2.51. The standard InChI is InChI=1S/C22H28N2O4/c1-14(2)10-11-23-18-12-26-21-19(13-27-20(18)21)28-22(25)24-17-9-5-7-15-6-3-4-8-16(15)17/h3-9,14,18-21,23H,10-13H2,1-2H3,(H,24,25)/p+1/t18-,19+,20+,21+/m0/s1. The Bertz CT molecular complexity index is 820. The molecule has 0 spiro atoms. The maximum atomic E-state index is 12.5. The van der Waals surface area contributed by atoms with Crippen LogP contribution in [-0.2, 0) is 14.2 Å². The Morgan fingerprint density at radius 1 is 1.14 bits per heavy atom. The Morgan fingerprint density at radius 2 is 1.93 bits per heavy atom. The van der Waals surface area contributed by atoms with Crippen LogP contribution in [0.5, 0.6) is 0 Å². The summed E-state index contributed by atoms with van der Waals surface area (Å²) in [6.07, 6.45) is 0.132. The Balaban J connectivity index is 1.33. The molecular formula is C22H29N2O4+. The number of rotatable bonds is 6. The highest BCUT2D eigenvalue weighted by atomic mass is 16.6. The Labute approximate surface area is 165 Å². The number of nitrogens with one attached hydrogen (secondary N) is 1. The fourth-order valence-electron chi connectivity index (χ4n) is 4.05. The second kappa shape index (κ2) is 8.47. The first-order chi connectivity index (χ1) is 13.6. The van der Waals surface area contributed by atoms with Crippen LogP contribution in [0.1, 0.15) is 20.3 Å². The monoisotopic (exact) mass is 385 g/mol. The molecule has 28 heavy (non-hydrogen) atoms. The number of anilines is 1. The lowest BCUT2D eigenvalue weighted by Gasteiger charge is -2.17. The summed E-state index contributed by atoms with van der Waals surface area (Å²) in [7, 11) is 0. The molecule has 4 rings (SSSR count). The van der Waals surface area contributed by atoms with Gasteiger partial charge in [-0.1, -0.05) is 50.2 Å². The minimum Gasteiger partial charge on any atom is -0.441 e. The van der Waals surface area contributed by atoms with Gasteiger partial charge >= 0.3 is 6.09 Å². The van der Waals surface area contributed by atoms with Gasteiger partial charge in [-0.3, -0.25) is 5.32 Å². The van der Waals surface area contributed by atoms with Crippen molar-refractivity contribution in [3.63, 3.8) is 0 Å². The first-order valence-corrected chi connectivity index (χ1v) is 10.1. The number of benzene rings is 2. The first-order valence-electron chi connectivity index (χ1n) is 10.1. The summed E-state index contributed by atoms with van der Waals surface area (Å²) in [5.41, 5.74) is 0.741. The van der Waals surface area contributed by atoms with E-state index in [0.717, 1.165) is 23.0 Å². The van der Waals surface area contributed by atoms with Crippen LogP contribution in [0.2, 0.25) is 0 Å². The minimum absolute atomic E-state index is 0.0116. The van der Waals surface area contributed by atoms with Gasteiger partial charge in [-0.2, -0.15) is 0 Å². The number of carbonyl (C=O) groups excluding carboxylic acids is 1. The summed E-state index contributed by atoms with van der Waals surface area (Å²) in [5.74, 6) is 0.688. The van der Waals surface area contributed by atoms with Crippen LogP contribution in [0, 0.1) is 5.92 Å². The zero-order valence-electron chi connectivity index (χ0n) is 16.5. The maximum Gasteiger partial charge on any atom is 0.412 e. The fraction of sp³-hybridized carbons (Fsp3) is 0.500. The lowest BCUT2D eigenvalue weighted by atomic mass is 10.1. The molecule has 0 unspecified atom stereocenters. The number of amides is 1. The fourth-order valence-corrected chi connectivity index (χ4v) is 4.05. The van der Waals surface area contributed by atoms with Gasteiger partial charge in [0.2, 0.25) is 0 Å². The highest BCUT2D eigenvalue weighted by molar-refractivity contribution is 6.00. The SMILES string of the molecule is CC(C)CC[NH2+][C@H]1CO[C@H]2[C@@H]1OC[C@H]2OC(=O)Nc1cccc2ccccc12. The van der Waals surface area contributed by atoms with Crippen LogP contribution in [0.25, 0.3) is 10.8 Å². The maximum absolute atomic E-state index is 12.5. The van der Waals surface area contributed by atoms with Crippen molar-refractivity contribution in [2.24, 2.45) is 5.92 Å². The van der Waals surface area contributed by atoms with Crippen molar-refractivity contribution in [2.45, 2.75) is 44.6 Å². The van der Waals surface area contributed by atoms with Crippen LogP contribution in [0.4, 0.5) is 10.5 Å². The molecule has 6 nitrogen and oxygen atoms in total. The average Bonchev–Trinajstić information content (AvgIpc) is 3.25. The van der Waals surface area contributed by atoms with E-state index < -0.39 is 6.09 Å². The van der Waals surface area contributed by atoms with Gasteiger partial charge in [-0.15, -0.1) is 0 Å². The molecule has 3 N–H and O–H groups in total. The van der Waals surface area contributed by atoms with Gasteiger partial charge in [0.1, 0.15) is 24.9 Å². The average molecular weight is 385 g/mol. The molecule has 1 amide bonds. The van der Waals surface area contributed by atoms with Crippen LogP contribution in [0.3, 0.4) is 0 Å². The summed E-state index contributed by atoms with van der Waals surface area (Å²) in [4.78, 5) is 12.5. The second-order valence-electron chi connectivity index (χ2n) is 8.06. The number of nitrogens with two attached hydrogens (primary N) is 1. The van der Waals surface area contributed by atoms with E-state index in [2.05, 4.69) is 24.5 Å². The van der Waals surface area contributed by atoms with Crippen molar-refractivity contribution < 1.29 is 24.3 Å². The zero-order valence-corrected chi connectivity index (χ0v) is 16.5. The quantitative estimate of drug-likeness (QED) is 0.801. The Kier molecular flexibility index (Phi) is 5.80. The van der Waals surface area contributed by atoms with Crippen molar-refractivity contribution in [3.8, 4) is 0 Å². The molecule has 2 aromatic carbocycles. The highest BCUT2D eigenvalue weighted by Crippen LogP contribution is 2.28. The van der Waals surface area contributed by atoms with Crippen molar-refractivity contribution in [1.29, 1.82) is 0 Å². The smallest absolute Gasteiger partial charge is 0.412 e. The molecule has 2 saturated heterocycles. The predicted molar refractivity (Wildman–Crippen MR) is 107 cm³/mol. The molecule has 2 aliphatic heterocycles. The van der Waals surface area contributed by atoms with Crippen molar-refractivity contribution >= 4 is 22.6 Å². The van der Waals surface area contributed by atoms with E-state index in [9.17, 15) is 4.79 Å². The van der Waals surface area contributed by atoms with Crippen LogP contribution >= 0.6 is 0 Å². The predicted octanol–water partition coefficient (Wildman–Crippen LogP) is 2.53. The van der Waals surface area contributed by atoms with E-state index in [1.807, 2.05) is 42.5 Å².